The second-order valence-corrected chi connectivity index (χ2v) is 8.61. The van der Waals surface area contributed by atoms with Crippen LogP contribution in [0.25, 0.3) is 33.8 Å². The van der Waals surface area contributed by atoms with E-state index in [0.717, 1.165) is 36.2 Å². The zero-order valence-electron chi connectivity index (χ0n) is 22.0. The monoisotopic (exact) mass is 581 g/mol. The fourth-order valence-electron chi connectivity index (χ4n) is 3.73. The molecule has 41 heavy (non-hydrogen) atoms. The molecule has 3 heterocycles. The Morgan fingerprint density at radius 3 is 2.49 bits per heavy atom. The van der Waals surface area contributed by atoms with Crippen LogP contribution in [0.4, 0.5) is 19.0 Å². The van der Waals surface area contributed by atoms with E-state index in [9.17, 15) is 18.3 Å². The summed E-state index contributed by atoms with van der Waals surface area (Å²) < 4.78 is 44.7. The molecule has 222 valence electrons. The highest BCUT2D eigenvalue weighted by molar-refractivity contribution is 5.95. The normalized spacial score (nSPS) is 12.1. The standard InChI is InChI=1S/C23H29N7O4.C2HF3O2/c1-2-30-21-17(33-11-7-6-10-25-12-16(32)14-31)13-26-18(15-8-4-3-5-9-15)19(21)27-23(30)20-22(24)29-34-28-20;3-2(4,5)1(6)7/h3-5,8-9,13,16,25,31-32H,2,6-7,10-12,14H2,1H3,(H2,24,29);(H,6,7). The maximum Gasteiger partial charge on any atom is 0.490 e. The first kappa shape index (κ1) is 31.3. The van der Waals surface area contributed by atoms with E-state index >= 15 is 0 Å². The van der Waals surface area contributed by atoms with Crippen LogP contribution < -0.4 is 15.8 Å². The molecule has 0 aliphatic heterocycles. The smallest absolute Gasteiger partial charge is 0.490 e. The number of ether oxygens (including phenoxy) is 1. The number of alkyl halides is 3. The number of nitrogens with one attached hydrogen (secondary N) is 1. The Morgan fingerprint density at radius 1 is 1.20 bits per heavy atom. The van der Waals surface area contributed by atoms with E-state index in [1.807, 2.05) is 41.8 Å². The number of nitrogens with zero attached hydrogens (tertiary/aromatic N) is 5. The SMILES string of the molecule is CCn1c(-c2nonc2N)nc2c(-c3ccccc3)ncc(OCCCCNCC(O)CO)c21.O=C(O)C(F)(F)F. The quantitative estimate of drug-likeness (QED) is 0.154. The summed E-state index contributed by atoms with van der Waals surface area (Å²) in [6, 6.07) is 9.84. The van der Waals surface area contributed by atoms with Gasteiger partial charge < -0.3 is 35.7 Å². The van der Waals surface area contributed by atoms with Gasteiger partial charge in [-0.25, -0.2) is 19.4 Å². The highest BCUT2D eigenvalue weighted by atomic mass is 19.4. The largest absolute Gasteiger partial charge is 0.490 e. The number of aliphatic hydroxyl groups is 2. The van der Waals surface area contributed by atoms with Gasteiger partial charge in [-0.2, -0.15) is 13.2 Å². The average Bonchev–Trinajstić information content (AvgIpc) is 3.55. The van der Waals surface area contributed by atoms with Crippen molar-refractivity contribution in [2.75, 3.05) is 32.0 Å². The minimum atomic E-state index is -5.08. The van der Waals surface area contributed by atoms with E-state index < -0.39 is 18.2 Å². The third-order valence-electron chi connectivity index (χ3n) is 5.66. The van der Waals surface area contributed by atoms with Gasteiger partial charge in [0, 0.05) is 18.7 Å². The molecule has 13 nitrogen and oxygen atoms in total. The molecule has 0 spiro atoms. The molecule has 0 bridgehead atoms. The Morgan fingerprint density at radius 2 is 1.90 bits per heavy atom. The number of aliphatic carboxylic acids is 1. The van der Waals surface area contributed by atoms with Crippen LogP contribution in [0.15, 0.2) is 41.2 Å². The van der Waals surface area contributed by atoms with Crippen LogP contribution in [-0.4, -0.2) is 84.7 Å². The number of hydrogen-bond donors (Lipinski definition) is 5. The number of pyridine rings is 1. The highest BCUT2D eigenvalue weighted by Crippen LogP contribution is 2.36. The number of benzene rings is 1. The Labute approximate surface area is 231 Å². The molecular formula is C25H30F3N7O6. The first-order chi connectivity index (χ1) is 19.6. The van der Waals surface area contributed by atoms with Crippen LogP contribution in [0, 0.1) is 0 Å². The molecule has 0 saturated heterocycles. The van der Waals surface area contributed by atoms with Crippen LogP contribution in [-0.2, 0) is 11.3 Å². The van der Waals surface area contributed by atoms with E-state index in [4.69, 9.17) is 35.1 Å². The number of fused-ring (bicyclic) bond motifs is 1. The summed E-state index contributed by atoms with van der Waals surface area (Å²) in [4.78, 5) is 18.4. The van der Waals surface area contributed by atoms with E-state index in [1.165, 1.54) is 0 Å². The predicted octanol–water partition coefficient (Wildman–Crippen LogP) is 2.49. The Kier molecular flexibility index (Phi) is 11.0. The number of anilines is 1. The van der Waals surface area contributed by atoms with Gasteiger partial charge in [0.05, 0.1) is 31.2 Å². The number of nitrogens with two attached hydrogens (primary N) is 1. The van der Waals surface area contributed by atoms with Gasteiger partial charge in [-0.3, -0.25) is 0 Å². The number of nitrogen functional groups attached to an aromatic ring is 1. The van der Waals surface area contributed by atoms with Gasteiger partial charge in [0.25, 0.3) is 0 Å². The summed E-state index contributed by atoms with van der Waals surface area (Å²) in [5, 5.41) is 36.1. The number of unbranched alkanes of at least 4 members (excludes halogenated alkanes) is 1. The van der Waals surface area contributed by atoms with Crippen molar-refractivity contribution in [3.8, 4) is 28.5 Å². The minimum Gasteiger partial charge on any atom is -0.490 e. The van der Waals surface area contributed by atoms with E-state index in [-0.39, 0.29) is 12.4 Å². The summed E-state index contributed by atoms with van der Waals surface area (Å²) in [5.74, 6) is -1.43. The lowest BCUT2D eigenvalue weighted by Crippen LogP contribution is -2.30. The van der Waals surface area contributed by atoms with Crippen molar-refractivity contribution < 1.29 is 42.7 Å². The van der Waals surface area contributed by atoms with Gasteiger partial charge in [0.1, 0.15) is 11.0 Å². The molecular weight excluding hydrogens is 551 g/mol. The van der Waals surface area contributed by atoms with Crippen LogP contribution in [0.5, 0.6) is 5.75 Å². The topological polar surface area (TPSA) is 195 Å². The molecule has 0 radical (unpaired) electrons. The molecule has 0 aliphatic rings. The zero-order valence-corrected chi connectivity index (χ0v) is 22.0. The van der Waals surface area contributed by atoms with Crippen molar-refractivity contribution in [3.05, 3.63) is 36.5 Å². The Bertz CT molecular complexity index is 1410. The number of aromatic nitrogens is 5. The number of aryl methyl sites for hydroxylation is 1. The van der Waals surface area contributed by atoms with Gasteiger partial charge in [-0.15, -0.1) is 0 Å². The number of carbonyl (C=O) groups is 1. The van der Waals surface area contributed by atoms with Gasteiger partial charge >= 0.3 is 12.1 Å². The number of rotatable bonds is 12. The van der Waals surface area contributed by atoms with Crippen molar-refractivity contribution in [2.24, 2.45) is 0 Å². The van der Waals surface area contributed by atoms with Crippen LogP contribution in [0.3, 0.4) is 0 Å². The molecule has 1 aromatic carbocycles. The molecule has 1 unspecified atom stereocenters. The summed E-state index contributed by atoms with van der Waals surface area (Å²) >= 11 is 0. The van der Waals surface area contributed by atoms with Gasteiger partial charge in [0.15, 0.2) is 23.1 Å². The Balaban J connectivity index is 0.000000587. The number of halogens is 3. The molecule has 16 heteroatoms. The van der Waals surface area contributed by atoms with Gasteiger partial charge in [-0.05, 0) is 36.6 Å². The van der Waals surface area contributed by atoms with E-state index in [1.54, 1.807) is 6.20 Å². The first-order valence-corrected chi connectivity index (χ1v) is 12.5. The second kappa shape index (κ2) is 14.4. The lowest BCUT2D eigenvalue weighted by atomic mass is 10.1. The number of carboxylic acid groups (broad SMARTS) is 1. The number of carboxylic acids is 1. The van der Waals surface area contributed by atoms with E-state index in [2.05, 4.69) is 20.6 Å². The minimum absolute atomic E-state index is 0.167. The Hall–Kier alpha value is -4.28. The molecule has 0 saturated carbocycles. The molecule has 4 aromatic rings. The highest BCUT2D eigenvalue weighted by Gasteiger charge is 2.38. The van der Waals surface area contributed by atoms with Crippen molar-refractivity contribution in [2.45, 2.75) is 38.6 Å². The van der Waals surface area contributed by atoms with Crippen molar-refractivity contribution in [3.63, 3.8) is 0 Å². The molecule has 3 aromatic heterocycles. The molecule has 6 N–H and O–H groups in total. The predicted molar refractivity (Wildman–Crippen MR) is 141 cm³/mol. The van der Waals surface area contributed by atoms with Crippen molar-refractivity contribution >= 4 is 22.8 Å². The molecule has 0 fully saturated rings. The summed E-state index contributed by atoms with van der Waals surface area (Å²) in [5.41, 5.74) is 9.50. The summed E-state index contributed by atoms with van der Waals surface area (Å²) in [7, 11) is 0. The number of aliphatic hydroxyl groups excluding tert-OH is 2. The molecule has 4 rings (SSSR count). The molecule has 1 atom stereocenters. The maximum absolute atomic E-state index is 10.6. The lowest BCUT2D eigenvalue weighted by Gasteiger charge is -2.12. The van der Waals surface area contributed by atoms with Gasteiger partial charge in [0.2, 0.25) is 0 Å². The summed E-state index contributed by atoms with van der Waals surface area (Å²) in [6.45, 7) is 3.93. The fourth-order valence-corrected chi connectivity index (χ4v) is 3.73. The summed E-state index contributed by atoms with van der Waals surface area (Å²) in [6.07, 6.45) is -2.44. The number of imidazole rings is 1. The van der Waals surface area contributed by atoms with Crippen LogP contribution in [0.1, 0.15) is 19.8 Å². The second-order valence-electron chi connectivity index (χ2n) is 8.61. The molecule has 0 amide bonds. The van der Waals surface area contributed by atoms with Crippen molar-refractivity contribution in [1.29, 1.82) is 0 Å². The maximum atomic E-state index is 10.6. The fraction of sp³-hybridized carbons (Fsp3) is 0.400. The van der Waals surface area contributed by atoms with Crippen LogP contribution in [0.2, 0.25) is 0 Å². The van der Waals surface area contributed by atoms with E-state index in [0.29, 0.717) is 42.5 Å². The zero-order chi connectivity index (χ0) is 30.0. The molecule has 0 aliphatic carbocycles. The third kappa shape index (κ3) is 8.12. The number of hydrogen-bond acceptors (Lipinski definition) is 11. The van der Waals surface area contributed by atoms with Crippen molar-refractivity contribution in [1.82, 2.24) is 30.2 Å². The van der Waals surface area contributed by atoms with Crippen LogP contribution >= 0.6 is 0 Å². The lowest BCUT2D eigenvalue weighted by molar-refractivity contribution is -0.192. The van der Waals surface area contributed by atoms with Gasteiger partial charge in [-0.1, -0.05) is 30.3 Å². The third-order valence-corrected chi connectivity index (χ3v) is 5.66. The average molecular weight is 582 g/mol. The first-order valence-electron chi connectivity index (χ1n) is 12.5.